The van der Waals surface area contributed by atoms with Gasteiger partial charge in [-0.1, -0.05) is 224 Å². The predicted octanol–water partition coefficient (Wildman–Crippen LogP) is 16.5. The second kappa shape index (κ2) is 48.3. The summed E-state index contributed by atoms with van der Waals surface area (Å²) in [5.74, 6) is -0.878. The number of carbonyl (C=O) groups excluding carboxylic acids is 3. The van der Waals surface area contributed by atoms with Crippen LogP contribution in [0.25, 0.3) is 0 Å². The van der Waals surface area contributed by atoms with Crippen LogP contribution in [0.4, 0.5) is 0 Å². The average molecular weight is 829 g/mol. The van der Waals surface area contributed by atoms with Gasteiger partial charge >= 0.3 is 17.9 Å². The van der Waals surface area contributed by atoms with Crippen molar-refractivity contribution in [1.29, 1.82) is 0 Å². The summed E-state index contributed by atoms with van der Waals surface area (Å²) in [6, 6.07) is 0. The molecule has 59 heavy (non-hydrogen) atoms. The zero-order valence-electron chi connectivity index (χ0n) is 39.3. The molecule has 0 rings (SSSR count). The van der Waals surface area contributed by atoms with Crippen molar-refractivity contribution >= 4 is 17.9 Å². The molecule has 0 saturated carbocycles. The number of hydrogen-bond acceptors (Lipinski definition) is 6. The second-order valence-corrected chi connectivity index (χ2v) is 17.1. The van der Waals surface area contributed by atoms with E-state index in [0.717, 1.165) is 77.0 Å². The molecule has 0 radical (unpaired) electrons. The molecule has 6 nitrogen and oxygen atoms in total. The quantitative estimate of drug-likeness (QED) is 0.0263. The van der Waals surface area contributed by atoms with Crippen molar-refractivity contribution in [1.82, 2.24) is 0 Å². The van der Waals surface area contributed by atoms with Crippen molar-refractivity contribution in [2.45, 2.75) is 271 Å². The lowest BCUT2D eigenvalue weighted by Crippen LogP contribution is -2.30. The molecule has 344 valence electrons. The van der Waals surface area contributed by atoms with Gasteiger partial charge in [-0.3, -0.25) is 14.4 Å². The van der Waals surface area contributed by atoms with E-state index in [1.165, 1.54) is 148 Å². The minimum absolute atomic E-state index is 0.0725. The highest BCUT2D eigenvalue weighted by Crippen LogP contribution is 2.15. The lowest BCUT2D eigenvalue weighted by Gasteiger charge is -2.18. The molecule has 0 bridgehead atoms. The first kappa shape index (κ1) is 56.6. The highest BCUT2D eigenvalue weighted by atomic mass is 16.6. The SMILES string of the molecule is CCCCC/C=C\C/C=C\C/C=C\CCCCCCCCC(=O)OCC(COC(=O)CCCCCCCCCCCCC)OC(=O)CCCCCCCCCCCCC. The molecule has 0 aliphatic heterocycles. The number of hydrogen-bond donors (Lipinski definition) is 0. The third-order valence-electron chi connectivity index (χ3n) is 11.1. The zero-order chi connectivity index (χ0) is 43.0. The molecule has 0 spiro atoms. The minimum Gasteiger partial charge on any atom is -0.462 e. The van der Waals surface area contributed by atoms with Crippen LogP contribution in [0.1, 0.15) is 265 Å². The fourth-order valence-electron chi connectivity index (χ4n) is 7.27. The van der Waals surface area contributed by atoms with Crippen LogP contribution in [-0.2, 0) is 28.6 Å². The highest BCUT2D eigenvalue weighted by molar-refractivity contribution is 5.71. The Morgan fingerprint density at radius 1 is 0.339 bits per heavy atom. The molecule has 0 N–H and O–H groups in total. The van der Waals surface area contributed by atoms with Crippen LogP contribution in [0.3, 0.4) is 0 Å². The summed E-state index contributed by atoms with van der Waals surface area (Å²) in [5.41, 5.74) is 0. The van der Waals surface area contributed by atoms with E-state index in [1.54, 1.807) is 0 Å². The molecule has 1 atom stereocenters. The maximum atomic E-state index is 12.7. The Morgan fingerprint density at radius 2 is 0.610 bits per heavy atom. The van der Waals surface area contributed by atoms with Crippen molar-refractivity contribution in [3.63, 3.8) is 0 Å². The van der Waals surface area contributed by atoms with E-state index >= 15 is 0 Å². The van der Waals surface area contributed by atoms with Gasteiger partial charge < -0.3 is 14.2 Å². The zero-order valence-corrected chi connectivity index (χ0v) is 39.3. The van der Waals surface area contributed by atoms with Gasteiger partial charge in [0.25, 0.3) is 0 Å². The lowest BCUT2D eigenvalue weighted by atomic mass is 10.1. The summed E-state index contributed by atoms with van der Waals surface area (Å²) in [6.07, 6.45) is 55.5. The predicted molar refractivity (Wildman–Crippen MR) is 252 cm³/mol. The number of esters is 3. The van der Waals surface area contributed by atoms with Crippen LogP contribution < -0.4 is 0 Å². The number of allylic oxidation sites excluding steroid dienone is 6. The van der Waals surface area contributed by atoms with E-state index in [4.69, 9.17) is 14.2 Å². The smallest absolute Gasteiger partial charge is 0.306 e. The summed E-state index contributed by atoms with van der Waals surface area (Å²) in [4.78, 5) is 37.9. The van der Waals surface area contributed by atoms with Gasteiger partial charge in [0.2, 0.25) is 0 Å². The summed E-state index contributed by atoms with van der Waals surface area (Å²) >= 11 is 0. The molecular weight excluding hydrogens is 733 g/mol. The topological polar surface area (TPSA) is 78.9 Å². The van der Waals surface area contributed by atoms with E-state index < -0.39 is 6.10 Å². The molecule has 0 aromatic heterocycles. The fourth-order valence-corrected chi connectivity index (χ4v) is 7.27. The van der Waals surface area contributed by atoms with Crippen LogP contribution in [0.5, 0.6) is 0 Å². The Balaban J connectivity index is 4.32. The summed E-state index contributed by atoms with van der Waals surface area (Å²) in [5, 5.41) is 0. The summed E-state index contributed by atoms with van der Waals surface area (Å²) < 4.78 is 16.8. The summed E-state index contributed by atoms with van der Waals surface area (Å²) in [6.45, 7) is 6.60. The standard InChI is InChI=1S/C53H96O6/c1-4-7-10-13-16-19-22-23-24-25-26-27-28-29-32-34-37-40-43-46-52(55)58-49-50(59-53(56)47-44-41-38-35-31-21-18-15-12-9-6-3)48-57-51(54)45-42-39-36-33-30-20-17-14-11-8-5-2/h16,19,23-24,26-27,50H,4-15,17-18,20-22,25,28-49H2,1-3H3/b19-16-,24-23-,27-26-. The van der Waals surface area contributed by atoms with Crippen molar-refractivity contribution < 1.29 is 28.6 Å². The fraction of sp³-hybridized carbons (Fsp3) is 0.830. The van der Waals surface area contributed by atoms with Crippen molar-refractivity contribution in [2.75, 3.05) is 13.2 Å². The largest absolute Gasteiger partial charge is 0.462 e. The molecule has 0 amide bonds. The van der Waals surface area contributed by atoms with Crippen LogP contribution in [0.15, 0.2) is 36.5 Å². The van der Waals surface area contributed by atoms with Crippen molar-refractivity contribution in [3.8, 4) is 0 Å². The van der Waals surface area contributed by atoms with Gasteiger partial charge in [0.1, 0.15) is 13.2 Å². The summed E-state index contributed by atoms with van der Waals surface area (Å²) in [7, 11) is 0. The Hall–Kier alpha value is -2.37. The number of ether oxygens (including phenoxy) is 3. The van der Waals surface area contributed by atoms with Gasteiger partial charge in [0, 0.05) is 19.3 Å². The molecule has 1 unspecified atom stereocenters. The molecule has 6 heteroatoms. The van der Waals surface area contributed by atoms with Crippen molar-refractivity contribution in [2.24, 2.45) is 0 Å². The minimum atomic E-state index is -0.771. The molecule has 0 saturated heterocycles. The normalized spacial score (nSPS) is 12.3. The number of rotatable bonds is 46. The van der Waals surface area contributed by atoms with Gasteiger partial charge in [-0.25, -0.2) is 0 Å². The maximum absolute atomic E-state index is 12.7. The molecule has 0 fully saturated rings. The Morgan fingerprint density at radius 3 is 0.983 bits per heavy atom. The first-order valence-corrected chi connectivity index (χ1v) is 25.5. The Bertz CT molecular complexity index is 1000. The van der Waals surface area contributed by atoms with Crippen LogP contribution >= 0.6 is 0 Å². The van der Waals surface area contributed by atoms with Gasteiger partial charge in [-0.15, -0.1) is 0 Å². The maximum Gasteiger partial charge on any atom is 0.306 e. The van der Waals surface area contributed by atoms with Gasteiger partial charge in [-0.05, 0) is 57.8 Å². The number of unbranched alkanes of at least 4 members (excludes halogenated alkanes) is 29. The highest BCUT2D eigenvalue weighted by Gasteiger charge is 2.19. The molecular formula is C53H96O6. The monoisotopic (exact) mass is 829 g/mol. The third kappa shape index (κ3) is 46.5. The number of carbonyl (C=O) groups is 3. The van der Waals surface area contributed by atoms with E-state index in [9.17, 15) is 14.4 Å². The first-order chi connectivity index (χ1) is 29.0. The lowest BCUT2D eigenvalue weighted by molar-refractivity contribution is -0.167. The molecule has 0 aromatic carbocycles. The van der Waals surface area contributed by atoms with Crippen LogP contribution in [0.2, 0.25) is 0 Å². The van der Waals surface area contributed by atoms with E-state index in [1.807, 2.05) is 0 Å². The van der Waals surface area contributed by atoms with Crippen LogP contribution in [-0.4, -0.2) is 37.2 Å². The molecule has 0 heterocycles. The molecule has 0 aromatic rings. The average Bonchev–Trinajstić information content (AvgIpc) is 3.23. The van der Waals surface area contributed by atoms with E-state index in [-0.39, 0.29) is 31.1 Å². The molecule has 0 aliphatic rings. The van der Waals surface area contributed by atoms with E-state index in [2.05, 4.69) is 57.2 Å². The first-order valence-electron chi connectivity index (χ1n) is 25.5. The van der Waals surface area contributed by atoms with Gasteiger partial charge in [0.05, 0.1) is 0 Å². The Labute approximate surface area is 365 Å². The van der Waals surface area contributed by atoms with Crippen LogP contribution in [0, 0.1) is 0 Å². The third-order valence-corrected chi connectivity index (χ3v) is 11.1. The van der Waals surface area contributed by atoms with E-state index in [0.29, 0.717) is 19.3 Å². The molecule has 0 aliphatic carbocycles. The van der Waals surface area contributed by atoms with Gasteiger partial charge in [-0.2, -0.15) is 0 Å². The Kier molecular flexibility index (Phi) is 46.4. The van der Waals surface area contributed by atoms with Gasteiger partial charge in [0.15, 0.2) is 6.10 Å². The second-order valence-electron chi connectivity index (χ2n) is 17.1. The van der Waals surface area contributed by atoms with Crippen molar-refractivity contribution in [3.05, 3.63) is 36.5 Å².